The minimum atomic E-state index is -3.43. The topological polar surface area (TPSA) is 58.2 Å². The van der Waals surface area contributed by atoms with Gasteiger partial charge in [0, 0.05) is 13.1 Å². The zero-order valence-corrected chi connectivity index (χ0v) is 14.6. The average molecular weight is 312 g/mol. The Kier molecular flexibility index (Phi) is 6.84. The van der Waals surface area contributed by atoms with Gasteiger partial charge in [-0.25, -0.2) is 13.1 Å². The van der Waals surface area contributed by atoms with Gasteiger partial charge in [0.05, 0.1) is 4.90 Å². The van der Waals surface area contributed by atoms with Crippen LogP contribution in [0.25, 0.3) is 0 Å². The normalized spacial score (nSPS) is 12.1. The SMILES string of the molecule is CNCc1cc(C)c(C)c(S(=O)(=O)NCCCC(C)C)c1. The van der Waals surface area contributed by atoms with E-state index in [0.717, 1.165) is 29.5 Å². The van der Waals surface area contributed by atoms with Crippen molar-refractivity contribution in [3.63, 3.8) is 0 Å². The zero-order valence-electron chi connectivity index (χ0n) is 13.8. The second-order valence-electron chi connectivity index (χ2n) is 6.00. The molecular weight excluding hydrogens is 284 g/mol. The molecule has 0 radical (unpaired) electrons. The molecule has 0 amide bonds. The summed E-state index contributed by atoms with van der Waals surface area (Å²) in [6.45, 7) is 9.26. The smallest absolute Gasteiger partial charge is 0.240 e. The number of hydrogen-bond donors (Lipinski definition) is 2. The number of aryl methyl sites for hydroxylation is 1. The summed E-state index contributed by atoms with van der Waals surface area (Å²) < 4.78 is 27.7. The molecule has 0 aromatic heterocycles. The summed E-state index contributed by atoms with van der Waals surface area (Å²) in [6.07, 6.45) is 1.89. The van der Waals surface area contributed by atoms with E-state index < -0.39 is 10.0 Å². The highest BCUT2D eigenvalue weighted by molar-refractivity contribution is 7.89. The quantitative estimate of drug-likeness (QED) is 0.726. The molecule has 1 aromatic rings. The van der Waals surface area contributed by atoms with Crippen LogP contribution in [0.5, 0.6) is 0 Å². The van der Waals surface area contributed by atoms with Gasteiger partial charge in [-0.05, 0) is 62.4 Å². The number of rotatable bonds is 8. The van der Waals surface area contributed by atoms with Crippen LogP contribution in [0.15, 0.2) is 17.0 Å². The first-order valence-electron chi connectivity index (χ1n) is 7.52. The first-order chi connectivity index (χ1) is 9.77. The van der Waals surface area contributed by atoms with Gasteiger partial charge < -0.3 is 5.32 Å². The summed E-state index contributed by atoms with van der Waals surface area (Å²) in [5, 5.41) is 3.06. The Hall–Kier alpha value is -0.910. The maximum Gasteiger partial charge on any atom is 0.240 e. The fourth-order valence-corrected chi connectivity index (χ4v) is 3.72. The molecule has 5 heteroatoms. The van der Waals surface area contributed by atoms with Gasteiger partial charge in [-0.3, -0.25) is 0 Å². The first-order valence-corrected chi connectivity index (χ1v) is 9.00. The van der Waals surface area contributed by atoms with Crippen LogP contribution in [-0.4, -0.2) is 22.0 Å². The van der Waals surface area contributed by atoms with Crippen molar-refractivity contribution < 1.29 is 8.42 Å². The van der Waals surface area contributed by atoms with E-state index in [2.05, 4.69) is 23.9 Å². The number of hydrogen-bond acceptors (Lipinski definition) is 3. The highest BCUT2D eigenvalue weighted by Crippen LogP contribution is 2.21. The molecule has 1 aromatic carbocycles. The molecule has 21 heavy (non-hydrogen) atoms. The van der Waals surface area contributed by atoms with Crippen LogP contribution in [-0.2, 0) is 16.6 Å². The fourth-order valence-electron chi connectivity index (χ4n) is 2.28. The van der Waals surface area contributed by atoms with Crippen molar-refractivity contribution in [2.45, 2.75) is 52.0 Å². The monoisotopic (exact) mass is 312 g/mol. The number of nitrogens with one attached hydrogen (secondary N) is 2. The Bertz CT molecular complexity index is 566. The van der Waals surface area contributed by atoms with Crippen LogP contribution in [0.2, 0.25) is 0 Å². The van der Waals surface area contributed by atoms with Crippen molar-refractivity contribution in [2.75, 3.05) is 13.6 Å². The van der Waals surface area contributed by atoms with Crippen LogP contribution < -0.4 is 10.0 Å². The van der Waals surface area contributed by atoms with Crippen molar-refractivity contribution >= 4 is 10.0 Å². The third kappa shape index (κ3) is 5.41. The molecule has 0 spiro atoms. The Morgan fingerprint density at radius 2 is 1.86 bits per heavy atom. The van der Waals surface area contributed by atoms with E-state index in [1.807, 2.05) is 27.0 Å². The molecule has 0 saturated carbocycles. The fraction of sp³-hybridized carbons (Fsp3) is 0.625. The molecule has 0 aliphatic carbocycles. The second-order valence-corrected chi connectivity index (χ2v) is 7.74. The summed E-state index contributed by atoms with van der Waals surface area (Å²) >= 11 is 0. The second kappa shape index (κ2) is 7.92. The Morgan fingerprint density at radius 1 is 1.19 bits per heavy atom. The van der Waals surface area contributed by atoms with E-state index in [-0.39, 0.29) is 0 Å². The Balaban J connectivity index is 2.91. The molecule has 2 N–H and O–H groups in total. The van der Waals surface area contributed by atoms with Crippen LogP contribution in [0.4, 0.5) is 0 Å². The van der Waals surface area contributed by atoms with Gasteiger partial charge in [0.1, 0.15) is 0 Å². The van der Waals surface area contributed by atoms with E-state index >= 15 is 0 Å². The molecule has 0 aliphatic rings. The standard InChI is InChI=1S/C16H28N2O2S/c1-12(2)7-6-8-18-21(19,20)16-10-15(11-17-5)9-13(3)14(16)4/h9-10,12,17-18H,6-8,11H2,1-5H3. The van der Waals surface area contributed by atoms with E-state index in [1.165, 1.54) is 0 Å². The molecule has 0 saturated heterocycles. The van der Waals surface area contributed by atoms with E-state index in [1.54, 1.807) is 6.07 Å². The lowest BCUT2D eigenvalue weighted by Crippen LogP contribution is -2.26. The van der Waals surface area contributed by atoms with Crippen LogP contribution >= 0.6 is 0 Å². The molecule has 0 atom stereocenters. The molecule has 0 bridgehead atoms. The maximum atomic E-state index is 12.5. The average Bonchev–Trinajstić information content (AvgIpc) is 2.38. The van der Waals surface area contributed by atoms with Crippen LogP contribution in [0.3, 0.4) is 0 Å². The maximum absolute atomic E-state index is 12.5. The van der Waals surface area contributed by atoms with Crippen LogP contribution in [0.1, 0.15) is 43.4 Å². The molecule has 0 heterocycles. The molecule has 1 rings (SSSR count). The molecule has 120 valence electrons. The van der Waals surface area contributed by atoms with Gasteiger partial charge in [0.15, 0.2) is 0 Å². The summed E-state index contributed by atoms with van der Waals surface area (Å²) in [5.74, 6) is 0.595. The minimum absolute atomic E-state index is 0.400. The summed E-state index contributed by atoms with van der Waals surface area (Å²) in [6, 6.07) is 3.80. The van der Waals surface area contributed by atoms with Crippen LogP contribution in [0, 0.1) is 19.8 Å². The predicted octanol–water partition coefficient (Wildman–Crippen LogP) is 2.74. The minimum Gasteiger partial charge on any atom is -0.316 e. The van der Waals surface area contributed by atoms with E-state index in [4.69, 9.17) is 0 Å². The van der Waals surface area contributed by atoms with Crippen molar-refractivity contribution in [1.29, 1.82) is 0 Å². The van der Waals surface area contributed by atoms with Gasteiger partial charge in [-0.15, -0.1) is 0 Å². The summed E-state index contributed by atoms with van der Waals surface area (Å²) in [7, 11) is -1.58. The van der Waals surface area contributed by atoms with Gasteiger partial charge >= 0.3 is 0 Å². The number of sulfonamides is 1. The Labute approximate surface area is 129 Å². The van der Waals surface area contributed by atoms with Crippen molar-refractivity contribution in [3.8, 4) is 0 Å². The van der Waals surface area contributed by atoms with Gasteiger partial charge in [-0.2, -0.15) is 0 Å². The van der Waals surface area contributed by atoms with Gasteiger partial charge in [0.2, 0.25) is 10.0 Å². The lowest BCUT2D eigenvalue weighted by atomic mass is 10.1. The zero-order chi connectivity index (χ0) is 16.0. The van der Waals surface area contributed by atoms with E-state index in [0.29, 0.717) is 23.9 Å². The third-order valence-corrected chi connectivity index (χ3v) is 5.19. The molecule has 4 nitrogen and oxygen atoms in total. The third-order valence-electron chi connectivity index (χ3n) is 3.60. The molecule has 0 fully saturated rings. The summed E-state index contributed by atoms with van der Waals surface area (Å²) in [4.78, 5) is 0.400. The lowest BCUT2D eigenvalue weighted by Gasteiger charge is -2.14. The van der Waals surface area contributed by atoms with Crippen molar-refractivity contribution in [1.82, 2.24) is 10.0 Å². The predicted molar refractivity (Wildman–Crippen MR) is 87.9 cm³/mol. The van der Waals surface area contributed by atoms with Crippen molar-refractivity contribution in [3.05, 3.63) is 28.8 Å². The Morgan fingerprint density at radius 3 is 2.43 bits per heavy atom. The van der Waals surface area contributed by atoms with E-state index in [9.17, 15) is 8.42 Å². The van der Waals surface area contributed by atoms with Gasteiger partial charge in [0.25, 0.3) is 0 Å². The molecule has 0 aliphatic heterocycles. The molecule has 0 unspecified atom stereocenters. The highest BCUT2D eigenvalue weighted by Gasteiger charge is 2.18. The molecular formula is C16H28N2O2S. The lowest BCUT2D eigenvalue weighted by molar-refractivity contribution is 0.539. The largest absolute Gasteiger partial charge is 0.316 e. The van der Waals surface area contributed by atoms with Crippen molar-refractivity contribution in [2.24, 2.45) is 5.92 Å². The van der Waals surface area contributed by atoms with Gasteiger partial charge in [-0.1, -0.05) is 19.9 Å². The first kappa shape index (κ1) is 18.1. The number of benzene rings is 1. The summed E-state index contributed by atoms with van der Waals surface area (Å²) in [5.41, 5.74) is 2.82. The highest BCUT2D eigenvalue weighted by atomic mass is 32.2.